The van der Waals surface area contributed by atoms with Gasteiger partial charge in [-0.15, -0.1) is 0 Å². The van der Waals surface area contributed by atoms with Gasteiger partial charge in [-0.3, -0.25) is 4.90 Å². The zero-order valence-electron chi connectivity index (χ0n) is 12.6. The van der Waals surface area contributed by atoms with Crippen LogP contribution in [0.3, 0.4) is 0 Å². The fourth-order valence-electron chi connectivity index (χ4n) is 4.73. The first-order valence-corrected chi connectivity index (χ1v) is 8.04. The van der Waals surface area contributed by atoms with E-state index in [1.165, 1.54) is 51.5 Å². The molecule has 0 radical (unpaired) electrons. The summed E-state index contributed by atoms with van der Waals surface area (Å²) in [7, 11) is 0. The molecule has 0 amide bonds. The molecule has 2 N–H and O–H groups in total. The number of rotatable bonds is 2. The largest absolute Gasteiger partial charge is 0.329 e. The van der Waals surface area contributed by atoms with E-state index < -0.39 is 0 Å². The van der Waals surface area contributed by atoms with E-state index in [1.807, 2.05) is 0 Å². The number of likely N-dealkylation sites (tertiary alicyclic amines) is 1. The fraction of sp³-hybridized carbons (Fsp3) is 1.00. The monoisotopic (exact) mass is 252 g/mol. The summed E-state index contributed by atoms with van der Waals surface area (Å²) in [6.07, 6.45) is 9.58. The van der Waals surface area contributed by atoms with Crippen LogP contribution in [-0.4, -0.2) is 29.6 Å². The van der Waals surface area contributed by atoms with Crippen molar-refractivity contribution in [1.29, 1.82) is 0 Å². The van der Waals surface area contributed by atoms with Crippen molar-refractivity contribution in [1.82, 2.24) is 4.90 Å². The number of nitrogens with two attached hydrogens (primary N) is 1. The second-order valence-electron chi connectivity index (χ2n) is 7.17. The summed E-state index contributed by atoms with van der Waals surface area (Å²) in [6.45, 7) is 9.39. The van der Waals surface area contributed by atoms with Crippen LogP contribution in [0.15, 0.2) is 0 Å². The Bertz CT molecular complexity index is 254. The lowest BCUT2D eigenvalue weighted by atomic mass is 9.70. The van der Waals surface area contributed by atoms with Crippen molar-refractivity contribution in [2.45, 2.75) is 77.3 Å². The maximum atomic E-state index is 6.27. The third-order valence-corrected chi connectivity index (χ3v) is 5.30. The van der Waals surface area contributed by atoms with Crippen LogP contribution >= 0.6 is 0 Å². The molecule has 2 aliphatic rings. The van der Waals surface area contributed by atoms with Gasteiger partial charge in [0.1, 0.15) is 0 Å². The lowest BCUT2D eigenvalue weighted by Gasteiger charge is -2.51. The summed E-state index contributed by atoms with van der Waals surface area (Å²) >= 11 is 0. The van der Waals surface area contributed by atoms with Gasteiger partial charge in [-0.2, -0.15) is 0 Å². The minimum absolute atomic E-state index is 0.306. The molecule has 1 aliphatic carbocycles. The van der Waals surface area contributed by atoms with Crippen LogP contribution in [0.1, 0.15) is 65.7 Å². The zero-order chi connectivity index (χ0) is 13.2. The van der Waals surface area contributed by atoms with Gasteiger partial charge in [-0.05, 0) is 57.4 Å². The van der Waals surface area contributed by atoms with Crippen LogP contribution in [0.2, 0.25) is 0 Å². The summed E-state index contributed by atoms with van der Waals surface area (Å²) < 4.78 is 0. The Morgan fingerprint density at radius 2 is 1.72 bits per heavy atom. The summed E-state index contributed by atoms with van der Waals surface area (Å²) in [4.78, 5) is 2.80. The van der Waals surface area contributed by atoms with Crippen molar-refractivity contribution in [3.8, 4) is 0 Å². The van der Waals surface area contributed by atoms with Crippen molar-refractivity contribution < 1.29 is 0 Å². The predicted molar refractivity (Wildman–Crippen MR) is 78.6 cm³/mol. The molecule has 0 bridgehead atoms. The topological polar surface area (TPSA) is 29.3 Å². The third kappa shape index (κ3) is 2.91. The molecule has 2 nitrogen and oxygen atoms in total. The molecule has 0 aromatic carbocycles. The highest BCUT2D eigenvalue weighted by Crippen LogP contribution is 2.41. The van der Waals surface area contributed by atoms with Gasteiger partial charge < -0.3 is 5.73 Å². The van der Waals surface area contributed by atoms with Crippen LogP contribution in [0, 0.1) is 11.8 Å². The average Bonchev–Trinajstić information content (AvgIpc) is 2.52. The average molecular weight is 252 g/mol. The third-order valence-electron chi connectivity index (χ3n) is 5.30. The van der Waals surface area contributed by atoms with Crippen LogP contribution in [0.5, 0.6) is 0 Å². The molecule has 0 aromatic heterocycles. The second kappa shape index (κ2) is 5.92. The molecule has 0 aromatic rings. The molecule has 2 rings (SSSR count). The highest BCUT2D eigenvalue weighted by molar-refractivity contribution is 4.99. The van der Waals surface area contributed by atoms with Gasteiger partial charge in [0, 0.05) is 18.1 Å². The van der Waals surface area contributed by atoms with Gasteiger partial charge in [-0.25, -0.2) is 0 Å². The zero-order valence-corrected chi connectivity index (χ0v) is 12.6. The van der Waals surface area contributed by atoms with E-state index >= 15 is 0 Å². The number of hydrogen-bond acceptors (Lipinski definition) is 2. The minimum Gasteiger partial charge on any atom is -0.329 e. The highest BCUT2D eigenvalue weighted by Gasteiger charge is 2.43. The van der Waals surface area contributed by atoms with Crippen LogP contribution in [-0.2, 0) is 0 Å². The molecule has 3 unspecified atom stereocenters. The first-order valence-electron chi connectivity index (χ1n) is 8.04. The van der Waals surface area contributed by atoms with Crippen LogP contribution < -0.4 is 5.73 Å². The van der Waals surface area contributed by atoms with E-state index in [0.717, 1.165) is 24.4 Å². The molecular formula is C16H32N2. The summed E-state index contributed by atoms with van der Waals surface area (Å²) in [5.41, 5.74) is 6.57. The van der Waals surface area contributed by atoms with Gasteiger partial charge >= 0.3 is 0 Å². The van der Waals surface area contributed by atoms with Crippen LogP contribution in [0.25, 0.3) is 0 Å². The van der Waals surface area contributed by atoms with E-state index in [9.17, 15) is 0 Å². The fourth-order valence-corrected chi connectivity index (χ4v) is 4.73. The van der Waals surface area contributed by atoms with Gasteiger partial charge in [0.2, 0.25) is 0 Å². The molecule has 2 heteroatoms. The Morgan fingerprint density at radius 1 is 1.06 bits per heavy atom. The molecule has 0 spiro atoms. The highest BCUT2D eigenvalue weighted by atomic mass is 15.2. The minimum atomic E-state index is 0.306. The smallest absolute Gasteiger partial charge is 0.0339 e. The van der Waals surface area contributed by atoms with Crippen LogP contribution in [0.4, 0.5) is 0 Å². The maximum Gasteiger partial charge on any atom is 0.0339 e. The Balaban J connectivity index is 2.18. The molecule has 106 valence electrons. The van der Waals surface area contributed by atoms with E-state index in [1.54, 1.807) is 0 Å². The molecule has 1 aliphatic heterocycles. The van der Waals surface area contributed by atoms with Gasteiger partial charge in [0.25, 0.3) is 0 Å². The van der Waals surface area contributed by atoms with Crippen molar-refractivity contribution in [3.05, 3.63) is 0 Å². The summed E-state index contributed by atoms with van der Waals surface area (Å²) in [5, 5.41) is 0. The summed E-state index contributed by atoms with van der Waals surface area (Å²) in [5.74, 6) is 1.68. The summed E-state index contributed by atoms with van der Waals surface area (Å²) in [6, 6.07) is 0.730. The van der Waals surface area contributed by atoms with Crippen molar-refractivity contribution in [3.63, 3.8) is 0 Å². The molecule has 1 saturated heterocycles. The molecule has 1 heterocycles. The van der Waals surface area contributed by atoms with Crippen molar-refractivity contribution in [2.75, 3.05) is 13.1 Å². The molecule has 1 saturated carbocycles. The molecule has 18 heavy (non-hydrogen) atoms. The van der Waals surface area contributed by atoms with Gasteiger partial charge in [0.05, 0.1) is 0 Å². The van der Waals surface area contributed by atoms with E-state index in [-0.39, 0.29) is 0 Å². The van der Waals surface area contributed by atoms with Gasteiger partial charge in [0.15, 0.2) is 0 Å². The second-order valence-corrected chi connectivity index (χ2v) is 7.17. The molecule has 2 fully saturated rings. The Labute approximate surface area is 113 Å². The van der Waals surface area contributed by atoms with E-state index in [4.69, 9.17) is 5.73 Å². The van der Waals surface area contributed by atoms with Crippen molar-refractivity contribution >= 4 is 0 Å². The number of hydrogen-bond donors (Lipinski definition) is 1. The standard InChI is InChI=1S/C16H32N2/c1-13-9-14(2)11-16(10-13,12-17)18-8-6-4-5-7-15(18)3/h13-15H,4-12,17H2,1-3H3. The van der Waals surface area contributed by atoms with E-state index in [2.05, 4.69) is 25.7 Å². The molecule has 3 atom stereocenters. The van der Waals surface area contributed by atoms with Crippen molar-refractivity contribution in [2.24, 2.45) is 17.6 Å². The quantitative estimate of drug-likeness (QED) is 0.816. The van der Waals surface area contributed by atoms with Gasteiger partial charge in [-0.1, -0.05) is 26.7 Å². The predicted octanol–water partition coefficient (Wildman–Crippen LogP) is 3.40. The first kappa shape index (κ1) is 14.3. The normalized spacial score (nSPS) is 43.7. The lowest BCUT2D eigenvalue weighted by Crippen LogP contribution is -2.60. The Morgan fingerprint density at radius 3 is 2.33 bits per heavy atom. The number of nitrogens with zero attached hydrogens (tertiary/aromatic N) is 1. The Hall–Kier alpha value is -0.0800. The molecular weight excluding hydrogens is 220 g/mol. The lowest BCUT2D eigenvalue weighted by molar-refractivity contribution is -0.00471. The van der Waals surface area contributed by atoms with E-state index in [0.29, 0.717) is 5.54 Å². The SMILES string of the molecule is CC1CC(C)CC(CN)(N2CCCCCC2C)C1. The maximum absolute atomic E-state index is 6.27. The Kier molecular flexibility index (Phi) is 4.71. The first-order chi connectivity index (χ1) is 8.57.